The Kier molecular flexibility index (Phi) is 4.24. The van der Waals surface area contributed by atoms with Crippen molar-refractivity contribution in [3.8, 4) is 6.07 Å². The highest BCUT2D eigenvalue weighted by Gasteiger charge is 2.22. The predicted octanol–water partition coefficient (Wildman–Crippen LogP) is 2.32. The maximum Gasteiger partial charge on any atom is 0.133 e. The summed E-state index contributed by atoms with van der Waals surface area (Å²) in [5.41, 5.74) is 2.80. The van der Waals surface area contributed by atoms with E-state index < -0.39 is 0 Å². The van der Waals surface area contributed by atoms with Crippen LogP contribution in [-0.4, -0.2) is 25.7 Å². The molecule has 3 aromatic rings. The van der Waals surface area contributed by atoms with E-state index in [-0.39, 0.29) is 0 Å². The summed E-state index contributed by atoms with van der Waals surface area (Å²) in [6, 6.07) is 8.29. The fourth-order valence-corrected chi connectivity index (χ4v) is 3.73. The molecule has 0 bridgehead atoms. The largest absolute Gasteiger partial charge is 0.322 e. The fraction of sp³-hybridized carbons (Fsp3) is 0.421. The van der Waals surface area contributed by atoms with Gasteiger partial charge in [-0.2, -0.15) is 5.26 Å². The number of hydrogen-bond donors (Lipinski definition) is 1. The first kappa shape index (κ1) is 15.9. The van der Waals surface area contributed by atoms with Crippen LogP contribution in [0.4, 0.5) is 0 Å². The van der Waals surface area contributed by atoms with Gasteiger partial charge in [0, 0.05) is 43.9 Å². The lowest BCUT2D eigenvalue weighted by Gasteiger charge is -2.24. The summed E-state index contributed by atoms with van der Waals surface area (Å²) in [6.07, 6.45) is 7.10. The molecular formula is C19H22N6. The summed E-state index contributed by atoms with van der Waals surface area (Å²) >= 11 is 0. The van der Waals surface area contributed by atoms with E-state index in [4.69, 9.17) is 0 Å². The number of fused-ring (bicyclic) bond motifs is 2. The molecule has 4 rings (SSSR count). The van der Waals surface area contributed by atoms with Crippen LogP contribution < -0.4 is 5.32 Å². The van der Waals surface area contributed by atoms with Gasteiger partial charge >= 0.3 is 0 Å². The van der Waals surface area contributed by atoms with Gasteiger partial charge in [0.15, 0.2) is 0 Å². The Hall–Kier alpha value is -2.65. The van der Waals surface area contributed by atoms with Gasteiger partial charge < -0.3 is 14.3 Å². The summed E-state index contributed by atoms with van der Waals surface area (Å²) in [5.74, 6) is 2.79. The highest BCUT2D eigenvalue weighted by atomic mass is 15.3. The first-order chi connectivity index (χ1) is 12.3. The van der Waals surface area contributed by atoms with Crippen molar-refractivity contribution in [3.63, 3.8) is 0 Å². The molecule has 128 valence electrons. The molecule has 0 fully saturated rings. The third-order valence-corrected chi connectivity index (χ3v) is 5.06. The van der Waals surface area contributed by atoms with E-state index >= 15 is 0 Å². The average Bonchev–Trinajstić information content (AvgIpc) is 3.21. The zero-order valence-electron chi connectivity index (χ0n) is 14.4. The fourth-order valence-electron chi connectivity index (χ4n) is 3.73. The predicted molar refractivity (Wildman–Crippen MR) is 95.0 cm³/mol. The number of aromatic nitrogens is 4. The molecule has 1 aliphatic rings. The lowest BCUT2D eigenvalue weighted by molar-refractivity contribution is 0.342. The highest BCUT2D eigenvalue weighted by Crippen LogP contribution is 2.21. The Labute approximate surface area is 147 Å². The summed E-state index contributed by atoms with van der Waals surface area (Å²) < 4.78 is 4.30. The Bertz CT molecular complexity index is 916. The molecule has 0 radical (unpaired) electrons. The van der Waals surface area contributed by atoms with Crippen LogP contribution in [0, 0.1) is 17.2 Å². The minimum atomic E-state index is 0.580. The van der Waals surface area contributed by atoms with Gasteiger partial charge in [0.05, 0.1) is 11.1 Å². The van der Waals surface area contributed by atoms with Gasteiger partial charge in [-0.1, -0.05) is 13.0 Å². The quantitative estimate of drug-likeness (QED) is 0.777. The Balaban J connectivity index is 1.41. The SMILES string of the molecule is CCc1nnc2n1CC(CNCc1cn3ccccc3c1C#N)CC2. The van der Waals surface area contributed by atoms with Crippen molar-refractivity contribution in [2.75, 3.05) is 6.54 Å². The molecule has 4 heterocycles. The Morgan fingerprint density at radius 2 is 2.28 bits per heavy atom. The minimum Gasteiger partial charge on any atom is -0.322 e. The zero-order valence-corrected chi connectivity index (χ0v) is 14.4. The van der Waals surface area contributed by atoms with Gasteiger partial charge in [-0.05, 0) is 31.0 Å². The van der Waals surface area contributed by atoms with E-state index in [1.54, 1.807) is 0 Å². The normalized spacial score (nSPS) is 16.7. The topological polar surface area (TPSA) is 70.9 Å². The van der Waals surface area contributed by atoms with E-state index in [2.05, 4.69) is 39.3 Å². The third-order valence-electron chi connectivity index (χ3n) is 5.06. The van der Waals surface area contributed by atoms with Crippen LogP contribution in [0.5, 0.6) is 0 Å². The van der Waals surface area contributed by atoms with Crippen LogP contribution in [0.2, 0.25) is 0 Å². The molecule has 0 saturated carbocycles. The standard InChI is InChI=1S/C19H22N6/c1-2-18-22-23-19-7-6-14(12-25(18)19)10-21-11-15-13-24-8-4-3-5-17(24)16(15)9-20/h3-5,8,13-14,21H,2,6-7,10-12H2,1H3. The van der Waals surface area contributed by atoms with Gasteiger partial charge in [-0.3, -0.25) is 0 Å². The summed E-state index contributed by atoms with van der Waals surface area (Å²) in [6.45, 7) is 4.77. The molecule has 0 spiro atoms. The van der Waals surface area contributed by atoms with Gasteiger partial charge in [0.1, 0.15) is 17.7 Å². The second kappa shape index (κ2) is 6.69. The molecule has 1 atom stereocenters. The Morgan fingerprint density at radius 1 is 1.36 bits per heavy atom. The number of aryl methyl sites for hydroxylation is 2. The number of nitrogens with one attached hydrogen (secondary N) is 1. The van der Waals surface area contributed by atoms with Crippen molar-refractivity contribution in [1.29, 1.82) is 5.26 Å². The number of hydrogen-bond acceptors (Lipinski definition) is 4. The van der Waals surface area contributed by atoms with Gasteiger partial charge in [-0.25, -0.2) is 0 Å². The van der Waals surface area contributed by atoms with Crippen molar-refractivity contribution < 1.29 is 0 Å². The van der Waals surface area contributed by atoms with Crippen LogP contribution in [0.1, 0.15) is 36.1 Å². The van der Waals surface area contributed by atoms with Crippen molar-refractivity contribution in [2.45, 2.75) is 39.3 Å². The third kappa shape index (κ3) is 2.92. The van der Waals surface area contributed by atoms with Crippen LogP contribution in [0.25, 0.3) is 5.52 Å². The van der Waals surface area contributed by atoms with Crippen molar-refractivity contribution in [2.24, 2.45) is 5.92 Å². The van der Waals surface area contributed by atoms with Gasteiger partial charge in [0.2, 0.25) is 0 Å². The lowest BCUT2D eigenvalue weighted by atomic mass is 9.99. The second-order valence-electron chi connectivity index (χ2n) is 6.67. The molecule has 6 heteroatoms. The molecule has 3 aromatic heterocycles. The van der Waals surface area contributed by atoms with Crippen molar-refractivity contribution in [3.05, 3.63) is 53.4 Å². The number of nitriles is 1. The highest BCUT2D eigenvalue weighted by molar-refractivity contribution is 5.65. The average molecular weight is 334 g/mol. The van der Waals surface area contributed by atoms with E-state index in [9.17, 15) is 5.26 Å². The second-order valence-corrected chi connectivity index (χ2v) is 6.67. The van der Waals surface area contributed by atoms with Crippen LogP contribution in [-0.2, 0) is 25.9 Å². The summed E-state index contributed by atoms with van der Waals surface area (Å²) in [5, 5.41) is 21.6. The van der Waals surface area contributed by atoms with Crippen LogP contribution in [0.15, 0.2) is 30.6 Å². The van der Waals surface area contributed by atoms with Gasteiger partial charge in [0.25, 0.3) is 0 Å². The summed E-state index contributed by atoms with van der Waals surface area (Å²) in [4.78, 5) is 0. The summed E-state index contributed by atoms with van der Waals surface area (Å²) in [7, 11) is 0. The van der Waals surface area contributed by atoms with Crippen LogP contribution >= 0.6 is 0 Å². The molecule has 0 amide bonds. The zero-order chi connectivity index (χ0) is 17.2. The molecule has 1 N–H and O–H groups in total. The van der Waals surface area contributed by atoms with E-state index in [0.717, 1.165) is 67.2 Å². The van der Waals surface area contributed by atoms with Crippen molar-refractivity contribution >= 4 is 5.52 Å². The van der Waals surface area contributed by atoms with E-state index in [1.165, 1.54) is 0 Å². The molecule has 1 aliphatic heterocycles. The minimum absolute atomic E-state index is 0.580. The first-order valence-electron chi connectivity index (χ1n) is 8.90. The monoisotopic (exact) mass is 334 g/mol. The van der Waals surface area contributed by atoms with Gasteiger partial charge in [-0.15, -0.1) is 10.2 Å². The maximum atomic E-state index is 9.49. The number of rotatable bonds is 5. The molecule has 6 nitrogen and oxygen atoms in total. The van der Waals surface area contributed by atoms with E-state index in [1.807, 2.05) is 28.8 Å². The molecular weight excluding hydrogens is 312 g/mol. The number of pyridine rings is 1. The Morgan fingerprint density at radius 3 is 3.12 bits per heavy atom. The van der Waals surface area contributed by atoms with Crippen molar-refractivity contribution in [1.82, 2.24) is 24.5 Å². The maximum absolute atomic E-state index is 9.49. The smallest absolute Gasteiger partial charge is 0.133 e. The molecule has 0 saturated heterocycles. The molecule has 0 aliphatic carbocycles. The van der Waals surface area contributed by atoms with Crippen LogP contribution in [0.3, 0.4) is 0 Å². The lowest BCUT2D eigenvalue weighted by Crippen LogP contribution is -2.30. The molecule has 0 aromatic carbocycles. The molecule has 25 heavy (non-hydrogen) atoms. The van der Waals surface area contributed by atoms with E-state index in [0.29, 0.717) is 5.92 Å². The first-order valence-corrected chi connectivity index (χ1v) is 8.90. The molecule has 1 unspecified atom stereocenters. The number of nitrogens with zero attached hydrogens (tertiary/aromatic N) is 5.